The number of aromatic nitrogens is 3. The third-order valence-electron chi connectivity index (χ3n) is 2.49. The molecule has 0 spiro atoms. The lowest BCUT2D eigenvalue weighted by molar-refractivity contribution is 0.0697. The number of rotatable bonds is 3. The summed E-state index contributed by atoms with van der Waals surface area (Å²) in [7, 11) is 0. The summed E-state index contributed by atoms with van der Waals surface area (Å²) >= 11 is 0. The molecule has 17 heavy (non-hydrogen) atoms. The normalized spacial score (nSPS) is 11.3. The second-order valence-electron chi connectivity index (χ2n) is 4.62. The summed E-state index contributed by atoms with van der Waals surface area (Å²) < 4.78 is 1.55. The van der Waals surface area contributed by atoms with Crippen molar-refractivity contribution in [1.29, 1.82) is 0 Å². The molecular weight excluding hydrogens is 218 g/mol. The van der Waals surface area contributed by atoms with Crippen LogP contribution in [0.2, 0.25) is 0 Å². The predicted molar refractivity (Wildman–Crippen MR) is 63.2 cm³/mol. The number of carboxylic acids is 1. The molecule has 0 saturated carbocycles. The van der Waals surface area contributed by atoms with Gasteiger partial charge < -0.3 is 5.11 Å². The molecule has 0 aliphatic heterocycles. The molecule has 0 bridgehead atoms. The Morgan fingerprint density at radius 3 is 2.82 bits per heavy atom. The topological polar surface area (TPSA) is 67.5 Å². The van der Waals surface area contributed by atoms with E-state index in [1.807, 2.05) is 20.8 Å². The number of carbonyl (C=O) groups is 1. The molecule has 5 nitrogen and oxygen atoms in total. The molecular formula is C12H15N3O2. The van der Waals surface area contributed by atoms with Crippen molar-refractivity contribution in [1.82, 2.24) is 14.6 Å². The summed E-state index contributed by atoms with van der Waals surface area (Å²) in [5, 5.41) is 13.5. The number of nitrogens with zero attached hydrogens (tertiary/aromatic N) is 3. The van der Waals surface area contributed by atoms with Crippen LogP contribution in [-0.2, 0) is 6.42 Å². The van der Waals surface area contributed by atoms with Gasteiger partial charge in [-0.15, -0.1) is 0 Å². The molecule has 0 aliphatic carbocycles. The van der Waals surface area contributed by atoms with Gasteiger partial charge in [0.25, 0.3) is 0 Å². The zero-order chi connectivity index (χ0) is 12.6. The highest BCUT2D eigenvalue weighted by Crippen LogP contribution is 2.17. The lowest BCUT2D eigenvalue weighted by atomic mass is 10.1. The molecule has 0 radical (unpaired) electrons. The molecule has 0 fully saturated rings. The van der Waals surface area contributed by atoms with Crippen molar-refractivity contribution in [2.75, 3.05) is 0 Å². The van der Waals surface area contributed by atoms with Gasteiger partial charge in [-0.1, -0.05) is 13.8 Å². The van der Waals surface area contributed by atoms with Gasteiger partial charge >= 0.3 is 5.97 Å². The fourth-order valence-corrected chi connectivity index (χ4v) is 1.82. The van der Waals surface area contributed by atoms with Crippen LogP contribution in [0.25, 0.3) is 5.65 Å². The van der Waals surface area contributed by atoms with Gasteiger partial charge in [0.2, 0.25) is 0 Å². The maximum absolute atomic E-state index is 11.3. The average molecular weight is 233 g/mol. The molecule has 0 amide bonds. The fraction of sp³-hybridized carbons (Fsp3) is 0.417. The van der Waals surface area contributed by atoms with Gasteiger partial charge in [-0.3, -0.25) is 0 Å². The van der Waals surface area contributed by atoms with Gasteiger partial charge in [0, 0.05) is 12.4 Å². The number of fused-ring (bicyclic) bond motifs is 1. The van der Waals surface area contributed by atoms with Crippen molar-refractivity contribution in [3.63, 3.8) is 0 Å². The second kappa shape index (κ2) is 4.16. The number of hydrogen-bond acceptors (Lipinski definition) is 3. The first-order chi connectivity index (χ1) is 7.99. The zero-order valence-corrected chi connectivity index (χ0v) is 10.1. The van der Waals surface area contributed by atoms with E-state index in [1.165, 1.54) is 0 Å². The van der Waals surface area contributed by atoms with Crippen LogP contribution in [0.3, 0.4) is 0 Å². The molecule has 0 aromatic carbocycles. The Labute approximate surface area is 99.1 Å². The predicted octanol–water partition coefficient (Wildman–Crippen LogP) is 1.93. The Hall–Kier alpha value is -1.91. The molecule has 5 heteroatoms. The summed E-state index contributed by atoms with van der Waals surface area (Å²) in [6.45, 7) is 5.97. The second-order valence-corrected chi connectivity index (χ2v) is 4.62. The summed E-state index contributed by atoms with van der Waals surface area (Å²) in [6, 6.07) is 0. The van der Waals surface area contributed by atoms with Crippen LogP contribution < -0.4 is 0 Å². The summed E-state index contributed by atoms with van der Waals surface area (Å²) in [6.07, 6.45) is 4.09. The van der Waals surface area contributed by atoms with Gasteiger partial charge in [-0.2, -0.15) is 5.10 Å². The molecule has 2 heterocycles. The Kier molecular flexibility index (Phi) is 2.83. The third-order valence-corrected chi connectivity index (χ3v) is 2.49. The van der Waals surface area contributed by atoms with Crippen LogP contribution in [0.5, 0.6) is 0 Å². The standard InChI is InChI=1S/C12H15N3O2/c1-7(2)4-9-10(12(16)17)11-13-5-8(3)6-15(11)14-9/h5-7H,4H2,1-3H3,(H,16,17). The van der Waals surface area contributed by atoms with Gasteiger partial charge in [0.05, 0.1) is 5.69 Å². The number of hydrogen-bond donors (Lipinski definition) is 1. The monoisotopic (exact) mass is 233 g/mol. The van der Waals surface area contributed by atoms with Gasteiger partial charge in [0.15, 0.2) is 5.65 Å². The minimum absolute atomic E-state index is 0.221. The van der Waals surface area contributed by atoms with E-state index in [2.05, 4.69) is 10.1 Å². The number of aryl methyl sites for hydroxylation is 1. The SMILES string of the molecule is Cc1cnc2c(C(=O)O)c(CC(C)C)nn2c1. The molecule has 0 atom stereocenters. The van der Waals surface area contributed by atoms with Crippen LogP contribution >= 0.6 is 0 Å². The first-order valence-corrected chi connectivity index (χ1v) is 5.56. The molecule has 90 valence electrons. The van der Waals surface area contributed by atoms with E-state index < -0.39 is 5.97 Å². The molecule has 2 rings (SSSR count). The quantitative estimate of drug-likeness (QED) is 0.879. The van der Waals surface area contributed by atoms with Gasteiger partial charge in [-0.25, -0.2) is 14.3 Å². The minimum atomic E-state index is -0.966. The van der Waals surface area contributed by atoms with E-state index in [0.717, 1.165) is 5.56 Å². The highest BCUT2D eigenvalue weighted by molar-refractivity contribution is 5.95. The lowest BCUT2D eigenvalue weighted by Crippen LogP contribution is -2.04. The van der Waals surface area contributed by atoms with Crippen LogP contribution in [-0.4, -0.2) is 25.7 Å². The maximum Gasteiger partial charge on any atom is 0.341 e. The largest absolute Gasteiger partial charge is 0.477 e. The van der Waals surface area contributed by atoms with Crippen LogP contribution in [0.1, 0.15) is 35.5 Å². The van der Waals surface area contributed by atoms with E-state index >= 15 is 0 Å². The third kappa shape index (κ3) is 2.13. The molecule has 1 N–H and O–H groups in total. The van der Waals surface area contributed by atoms with E-state index in [1.54, 1.807) is 16.9 Å². The maximum atomic E-state index is 11.3. The first-order valence-electron chi connectivity index (χ1n) is 5.56. The van der Waals surface area contributed by atoms with E-state index in [4.69, 9.17) is 0 Å². The van der Waals surface area contributed by atoms with Crippen LogP contribution in [0.15, 0.2) is 12.4 Å². The van der Waals surface area contributed by atoms with Gasteiger partial charge in [-0.05, 0) is 24.8 Å². The average Bonchev–Trinajstić information content (AvgIpc) is 2.53. The highest BCUT2D eigenvalue weighted by atomic mass is 16.4. The Bertz CT molecular complexity index is 572. The Balaban J connectivity index is 2.66. The molecule has 2 aromatic heterocycles. The van der Waals surface area contributed by atoms with Crippen molar-refractivity contribution < 1.29 is 9.90 Å². The van der Waals surface area contributed by atoms with E-state index in [0.29, 0.717) is 23.7 Å². The molecule has 2 aromatic rings. The Morgan fingerprint density at radius 1 is 1.53 bits per heavy atom. The molecule has 0 unspecified atom stereocenters. The van der Waals surface area contributed by atoms with E-state index in [9.17, 15) is 9.90 Å². The van der Waals surface area contributed by atoms with Crippen molar-refractivity contribution in [3.05, 3.63) is 29.2 Å². The minimum Gasteiger partial charge on any atom is -0.477 e. The zero-order valence-electron chi connectivity index (χ0n) is 10.1. The highest BCUT2D eigenvalue weighted by Gasteiger charge is 2.20. The van der Waals surface area contributed by atoms with Crippen molar-refractivity contribution >= 4 is 11.6 Å². The van der Waals surface area contributed by atoms with Crippen LogP contribution in [0, 0.1) is 12.8 Å². The van der Waals surface area contributed by atoms with Gasteiger partial charge in [0.1, 0.15) is 5.56 Å². The van der Waals surface area contributed by atoms with Crippen molar-refractivity contribution in [2.24, 2.45) is 5.92 Å². The van der Waals surface area contributed by atoms with Crippen molar-refractivity contribution in [3.8, 4) is 0 Å². The number of carboxylic acid groups (broad SMARTS) is 1. The number of aromatic carboxylic acids is 1. The van der Waals surface area contributed by atoms with Crippen LogP contribution in [0.4, 0.5) is 0 Å². The molecule has 0 saturated heterocycles. The lowest BCUT2D eigenvalue weighted by Gasteiger charge is -2.01. The molecule has 0 aliphatic rings. The van der Waals surface area contributed by atoms with Crippen molar-refractivity contribution in [2.45, 2.75) is 27.2 Å². The smallest absolute Gasteiger partial charge is 0.341 e. The Morgan fingerprint density at radius 2 is 2.24 bits per heavy atom. The van der Waals surface area contributed by atoms with E-state index in [-0.39, 0.29) is 5.56 Å². The summed E-state index contributed by atoms with van der Waals surface area (Å²) in [5.41, 5.74) is 2.19. The summed E-state index contributed by atoms with van der Waals surface area (Å²) in [5.74, 6) is -0.605. The fourth-order valence-electron chi connectivity index (χ4n) is 1.82. The first kappa shape index (κ1) is 11.6. The summed E-state index contributed by atoms with van der Waals surface area (Å²) in [4.78, 5) is 15.4.